The zero-order valence-corrected chi connectivity index (χ0v) is 12.6. The molecule has 0 aliphatic carbocycles. The molecule has 0 aromatic heterocycles. The van der Waals surface area contributed by atoms with Gasteiger partial charge in [0.05, 0.1) is 6.61 Å². The summed E-state index contributed by atoms with van der Waals surface area (Å²) in [6.07, 6.45) is 2.04. The van der Waals surface area contributed by atoms with Crippen LogP contribution in [0.2, 0.25) is 0 Å². The van der Waals surface area contributed by atoms with E-state index in [2.05, 4.69) is 53.4 Å². The van der Waals surface area contributed by atoms with Gasteiger partial charge in [-0.3, -0.25) is 4.90 Å². The van der Waals surface area contributed by atoms with Crippen molar-refractivity contribution in [2.75, 3.05) is 13.2 Å². The smallest absolute Gasteiger partial charge is 0.136 e. The van der Waals surface area contributed by atoms with Gasteiger partial charge in [-0.1, -0.05) is 60.7 Å². The number of aliphatic hydroxyl groups is 1. The quantitative estimate of drug-likeness (QED) is 0.945. The van der Waals surface area contributed by atoms with Gasteiger partial charge < -0.3 is 9.84 Å². The van der Waals surface area contributed by atoms with Gasteiger partial charge in [-0.25, -0.2) is 0 Å². The molecule has 0 saturated carbocycles. The molecule has 0 amide bonds. The molecule has 4 rings (SSSR count). The first kappa shape index (κ1) is 13.9. The molecule has 2 aromatic rings. The molecule has 2 heterocycles. The SMILES string of the molecule is OC[C@H]1OC(c2ccccc2)(c2ccccc2)[C@@H]2CCCN21. The second-order valence-electron chi connectivity index (χ2n) is 6.12. The third-order valence-corrected chi connectivity index (χ3v) is 5.02. The molecule has 2 fully saturated rings. The summed E-state index contributed by atoms with van der Waals surface area (Å²) < 4.78 is 6.51. The molecule has 0 radical (unpaired) electrons. The molecule has 0 unspecified atom stereocenters. The minimum absolute atomic E-state index is 0.0396. The molecule has 2 atom stereocenters. The van der Waals surface area contributed by atoms with Crippen LogP contribution in [-0.4, -0.2) is 35.4 Å². The Kier molecular flexibility index (Phi) is 3.49. The van der Waals surface area contributed by atoms with E-state index in [1.165, 1.54) is 11.1 Å². The zero-order chi connectivity index (χ0) is 15.0. The summed E-state index contributed by atoms with van der Waals surface area (Å²) in [4.78, 5) is 2.33. The number of benzene rings is 2. The Morgan fingerprint density at radius 2 is 1.59 bits per heavy atom. The van der Waals surface area contributed by atoms with Gasteiger partial charge in [-0.05, 0) is 24.0 Å². The molecule has 3 nitrogen and oxygen atoms in total. The topological polar surface area (TPSA) is 32.7 Å². The average molecular weight is 295 g/mol. The van der Waals surface area contributed by atoms with Crippen molar-refractivity contribution in [2.24, 2.45) is 0 Å². The van der Waals surface area contributed by atoms with Gasteiger partial charge in [0.25, 0.3) is 0 Å². The monoisotopic (exact) mass is 295 g/mol. The molecule has 1 N–H and O–H groups in total. The Balaban J connectivity index is 1.90. The number of hydrogen-bond acceptors (Lipinski definition) is 3. The molecule has 114 valence electrons. The van der Waals surface area contributed by atoms with E-state index in [4.69, 9.17) is 4.74 Å². The van der Waals surface area contributed by atoms with Crippen LogP contribution >= 0.6 is 0 Å². The van der Waals surface area contributed by atoms with Crippen molar-refractivity contribution in [1.29, 1.82) is 0 Å². The lowest BCUT2D eigenvalue weighted by molar-refractivity contribution is -0.0686. The first-order valence-corrected chi connectivity index (χ1v) is 8.02. The Morgan fingerprint density at radius 1 is 1.00 bits per heavy atom. The van der Waals surface area contributed by atoms with Gasteiger partial charge in [-0.2, -0.15) is 0 Å². The fraction of sp³-hybridized carbons (Fsp3) is 0.368. The highest BCUT2D eigenvalue weighted by Gasteiger charge is 2.56. The molecule has 22 heavy (non-hydrogen) atoms. The maximum Gasteiger partial charge on any atom is 0.136 e. The van der Waals surface area contributed by atoms with E-state index in [1.54, 1.807) is 0 Å². The van der Waals surface area contributed by atoms with Gasteiger partial charge in [0.2, 0.25) is 0 Å². The van der Waals surface area contributed by atoms with Crippen molar-refractivity contribution in [3.05, 3.63) is 71.8 Å². The predicted molar refractivity (Wildman–Crippen MR) is 85.4 cm³/mol. The Hall–Kier alpha value is -1.68. The summed E-state index contributed by atoms with van der Waals surface area (Å²) >= 11 is 0. The summed E-state index contributed by atoms with van der Waals surface area (Å²) in [7, 11) is 0. The van der Waals surface area contributed by atoms with Gasteiger partial charge >= 0.3 is 0 Å². The van der Waals surface area contributed by atoms with Gasteiger partial charge in [0.15, 0.2) is 0 Å². The van der Waals surface area contributed by atoms with Crippen LogP contribution in [0.5, 0.6) is 0 Å². The van der Waals surface area contributed by atoms with E-state index < -0.39 is 5.60 Å². The minimum atomic E-state index is -0.480. The molecule has 2 aromatic carbocycles. The lowest BCUT2D eigenvalue weighted by atomic mass is 9.79. The van der Waals surface area contributed by atoms with Crippen LogP contribution in [0, 0.1) is 0 Å². The van der Waals surface area contributed by atoms with Crippen molar-refractivity contribution in [1.82, 2.24) is 4.90 Å². The molecule has 0 bridgehead atoms. The number of rotatable bonds is 3. The number of hydrogen-bond donors (Lipinski definition) is 1. The third kappa shape index (κ3) is 1.93. The van der Waals surface area contributed by atoms with Crippen molar-refractivity contribution in [3.8, 4) is 0 Å². The third-order valence-electron chi connectivity index (χ3n) is 5.02. The van der Waals surface area contributed by atoms with E-state index in [9.17, 15) is 5.11 Å². The predicted octanol–water partition coefficient (Wildman–Crippen LogP) is 2.74. The molecular weight excluding hydrogens is 274 g/mol. The van der Waals surface area contributed by atoms with Crippen LogP contribution in [-0.2, 0) is 10.3 Å². The molecule has 0 spiro atoms. The Labute approximate surface area is 131 Å². The summed E-state index contributed by atoms with van der Waals surface area (Å²) in [5, 5.41) is 9.77. The van der Waals surface area contributed by atoms with Crippen LogP contribution in [0.3, 0.4) is 0 Å². The van der Waals surface area contributed by atoms with Crippen molar-refractivity contribution in [3.63, 3.8) is 0 Å². The number of fused-ring (bicyclic) bond motifs is 1. The zero-order valence-electron chi connectivity index (χ0n) is 12.6. The van der Waals surface area contributed by atoms with E-state index >= 15 is 0 Å². The lowest BCUT2D eigenvalue weighted by Gasteiger charge is -2.34. The van der Waals surface area contributed by atoms with Gasteiger partial charge in [0, 0.05) is 12.6 Å². The van der Waals surface area contributed by atoms with E-state index in [0.717, 1.165) is 19.4 Å². The summed E-state index contributed by atoms with van der Waals surface area (Å²) in [5.74, 6) is 0. The molecular formula is C19H21NO2. The highest BCUT2D eigenvalue weighted by molar-refractivity contribution is 5.40. The molecule has 2 aliphatic heterocycles. The first-order valence-electron chi connectivity index (χ1n) is 8.02. The summed E-state index contributed by atoms with van der Waals surface area (Å²) in [5.41, 5.74) is 1.87. The normalized spacial score (nSPS) is 27.0. The van der Waals surface area contributed by atoms with Crippen molar-refractivity contribution >= 4 is 0 Å². The summed E-state index contributed by atoms with van der Waals surface area (Å²) in [6, 6.07) is 21.2. The maximum absolute atomic E-state index is 9.77. The highest BCUT2D eigenvalue weighted by atomic mass is 16.6. The van der Waals surface area contributed by atoms with Crippen LogP contribution in [0.1, 0.15) is 24.0 Å². The first-order chi connectivity index (χ1) is 10.9. The molecule has 3 heteroatoms. The average Bonchev–Trinajstić information content (AvgIpc) is 3.18. The van der Waals surface area contributed by atoms with Gasteiger partial charge in [0.1, 0.15) is 11.8 Å². The van der Waals surface area contributed by atoms with Crippen LogP contribution in [0.15, 0.2) is 60.7 Å². The largest absolute Gasteiger partial charge is 0.392 e. The number of nitrogens with zero attached hydrogens (tertiary/aromatic N) is 1. The fourth-order valence-corrected chi connectivity index (χ4v) is 4.13. The maximum atomic E-state index is 9.77. The van der Waals surface area contributed by atoms with Crippen LogP contribution in [0.25, 0.3) is 0 Å². The molecule has 2 saturated heterocycles. The Morgan fingerprint density at radius 3 is 2.14 bits per heavy atom. The summed E-state index contributed by atoms with van der Waals surface area (Å²) in [6.45, 7) is 1.04. The van der Waals surface area contributed by atoms with Crippen molar-refractivity contribution in [2.45, 2.75) is 30.7 Å². The fourth-order valence-electron chi connectivity index (χ4n) is 4.13. The highest BCUT2D eigenvalue weighted by Crippen LogP contribution is 2.49. The van der Waals surface area contributed by atoms with Crippen LogP contribution < -0.4 is 0 Å². The van der Waals surface area contributed by atoms with E-state index in [1.807, 2.05) is 12.1 Å². The number of ether oxygens (including phenoxy) is 1. The standard InChI is InChI=1S/C19H21NO2/c21-14-18-20-13-7-12-17(20)19(22-18,15-8-3-1-4-9-15)16-10-5-2-6-11-16/h1-6,8-11,17-18,21H,7,12-14H2/t17-,18+/m0/s1. The second-order valence-corrected chi connectivity index (χ2v) is 6.12. The second kappa shape index (κ2) is 5.51. The van der Waals surface area contributed by atoms with Crippen molar-refractivity contribution < 1.29 is 9.84 Å². The molecule has 2 aliphatic rings. The van der Waals surface area contributed by atoms with Gasteiger partial charge in [-0.15, -0.1) is 0 Å². The minimum Gasteiger partial charge on any atom is -0.392 e. The van der Waals surface area contributed by atoms with E-state index in [0.29, 0.717) is 0 Å². The lowest BCUT2D eigenvalue weighted by Crippen LogP contribution is -2.41. The van der Waals surface area contributed by atoms with Crippen LogP contribution in [0.4, 0.5) is 0 Å². The van der Waals surface area contributed by atoms with E-state index in [-0.39, 0.29) is 18.9 Å². The Bertz CT molecular complexity index is 589. The number of aliphatic hydroxyl groups excluding tert-OH is 1.